The molecule has 0 saturated heterocycles. The van der Waals surface area contributed by atoms with Crippen molar-refractivity contribution < 1.29 is 0 Å². The van der Waals surface area contributed by atoms with Gasteiger partial charge in [0.05, 0.1) is 18.1 Å². The van der Waals surface area contributed by atoms with Crippen molar-refractivity contribution in [3.63, 3.8) is 0 Å². The molecule has 3 heteroatoms. The van der Waals surface area contributed by atoms with Gasteiger partial charge < -0.3 is 0 Å². The van der Waals surface area contributed by atoms with E-state index in [1.54, 1.807) is 0 Å². The normalized spacial score (nSPS) is 22.8. The molecule has 1 rings (SSSR count). The van der Waals surface area contributed by atoms with Crippen LogP contribution < -0.4 is 0 Å². The number of rotatable bonds is 4. The van der Waals surface area contributed by atoms with Crippen molar-refractivity contribution in [3.05, 3.63) is 0 Å². The number of hydrogen-bond acceptors (Lipinski definition) is 3. The molecule has 0 aromatic rings. The third-order valence-electron chi connectivity index (χ3n) is 2.89. The molecule has 3 nitrogen and oxygen atoms in total. The van der Waals surface area contributed by atoms with Crippen molar-refractivity contribution in [2.75, 3.05) is 6.54 Å². The molecular formula is C10H21N3. The predicted octanol–water partition coefficient (Wildman–Crippen LogP) is 3.03. The second kappa shape index (κ2) is 4.07. The molecule has 1 aliphatic rings. The summed E-state index contributed by atoms with van der Waals surface area (Å²) in [7, 11) is 0. The maximum Gasteiger partial charge on any atom is 0.0921 e. The van der Waals surface area contributed by atoms with Crippen LogP contribution >= 0.6 is 0 Å². The highest BCUT2D eigenvalue weighted by Gasteiger charge is 2.29. The van der Waals surface area contributed by atoms with Crippen molar-refractivity contribution >= 4 is 0 Å². The van der Waals surface area contributed by atoms with E-state index in [9.17, 15) is 0 Å². The van der Waals surface area contributed by atoms with Crippen molar-refractivity contribution in [1.29, 1.82) is 0 Å². The molecule has 0 bridgehead atoms. The van der Waals surface area contributed by atoms with Crippen LogP contribution in [0.4, 0.5) is 0 Å². The summed E-state index contributed by atoms with van der Waals surface area (Å²) in [5, 5.41) is 10.6. The highest BCUT2D eigenvalue weighted by atomic mass is 15.6. The SMILES string of the molecule is CCCC1CN(C(C)(C)CC)N=N1. The Kier molecular flexibility index (Phi) is 3.28. The van der Waals surface area contributed by atoms with Crippen LogP contribution in [0.15, 0.2) is 10.3 Å². The first-order valence-corrected chi connectivity index (χ1v) is 5.28. The molecule has 0 aliphatic carbocycles. The monoisotopic (exact) mass is 183 g/mol. The Labute approximate surface area is 81.2 Å². The van der Waals surface area contributed by atoms with Crippen molar-refractivity contribution in [1.82, 2.24) is 5.01 Å². The van der Waals surface area contributed by atoms with Crippen LogP contribution in [0.5, 0.6) is 0 Å². The number of hydrogen-bond donors (Lipinski definition) is 0. The van der Waals surface area contributed by atoms with Crippen LogP contribution in [0.3, 0.4) is 0 Å². The molecule has 13 heavy (non-hydrogen) atoms. The first-order chi connectivity index (χ1) is 6.10. The lowest BCUT2D eigenvalue weighted by atomic mass is 10.0. The fraction of sp³-hybridized carbons (Fsp3) is 1.00. The van der Waals surface area contributed by atoms with E-state index >= 15 is 0 Å². The molecular weight excluding hydrogens is 162 g/mol. The first-order valence-electron chi connectivity index (χ1n) is 5.28. The molecule has 1 unspecified atom stereocenters. The summed E-state index contributed by atoms with van der Waals surface area (Å²) in [6.07, 6.45) is 3.48. The van der Waals surface area contributed by atoms with Gasteiger partial charge >= 0.3 is 0 Å². The van der Waals surface area contributed by atoms with Crippen molar-refractivity contribution in [3.8, 4) is 0 Å². The van der Waals surface area contributed by atoms with Gasteiger partial charge in [0, 0.05) is 0 Å². The molecule has 0 N–H and O–H groups in total. The molecule has 0 saturated carbocycles. The highest BCUT2D eigenvalue weighted by molar-refractivity contribution is 4.83. The van der Waals surface area contributed by atoms with Gasteiger partial charge in [-0.3, -0.25) is 5.01 Å². The zero-order valence-electron chi connectivity index (χ0n) is 9.25. The van der Waals surface area contributed by atoms with Gasteiger partial charge in [-0.15, -0.1) is 0 Å². The second-order valence-corrected chi connectivity index (χ2v) is 4.40. The Morgan fingerprint density at radius 3 is 2.62 bits per heavy atom. The van der Waals surface area contributed by atoms with E-state index in [0.717, 1.165) is 13.0 Å². The zero-order chi connectivity index (χ0) is 9.90. The average molecular weight is 183 g/mol. The van der Waals surface area contributed by atoms with E-state index in [2.05, 4.69) is 43.0 Å². The summed E-state index contributed by atoms with van der Waals surface area (Å²) >= 11 is 0. The van der Waals surface area contributed by atoms with Crippen LogP contribution in [0.2, 0.25) is 0 Å². The molecule has 1 heterocycles. The van der Waals surface area contributed by atoms with Crippen LogP contribution in [-0.2, 0) is 0 Å². The minimum Gasteiger partial charge on any atom is -0.271 e. The van der Waals surface area contributed by atoms with Crippen LogP contribution in [0.25, 0.3) is 0 Å². The number of nitrogens with zero attached hydrogens (tertiary/aromatic N) is 3. The quantitative estimate of drug-likeness (QED) is 0.658. The Morgan fingerprint density at radius 1 is 1.38 bits per heavy atom. The van der Waals surface area contributed by atoms with Crippen molar-refractivity contribution in [2.24, 2.45) is 10.3 Å². The summed E-state index contributed by atoms with van der Waals surface area (Å²) in [6.45, 7) is 9.85. The molecule has 0 fully saturated rings. The maximum absolute atomic E-state index is 4.27. The Hall–Kier alpha value is -0.600. The standard InChI is InChI=1S/C10H21N3/c1-5-7-9-8-13(12-11-9)10(3,4)6-2/h9H,5-8H2,1-4H3. The van der Waals surface area contributed by atoms with E-state index in [1.807, 2.05) is 0 Å². The van der Waals surface area contributed by atoms with Crippen LogP contribution in [0, 0.1) is 0 Å². The van der Waals surface area contributed by atoms with Gasteiger partial charge in [0.25, 0.3) is 0 Å². The third kappa shape index (κ3) is 2.42. The minimum atomic E-state index is 0.173. The van der Waals surface area contributed by atoms with E-state index in [1.165, 1.54) is 12.8 Å². The summed E-state index contributed by atoms with van der Waals surface area (Å²) in [6, 6.07) is 0.441. The smallest absolute Gasteiger partial charge is 0.0921 e. The molecule has 0 aromatic carbocycles. The average Bonchev–Trinajstić information content (AvgIpc) is 2.54. The van der Waals surface area contributed by atoms with Crippen LogP contribution in [0.1, 0.15) is 47.0 Å². The van der Waals surface area contributed by atoms with Gasteiger partial charge in [-0.05, 0) is 26.7 Å². The molecule has 1 aliphatic heterocycles. The summed E-state index contributed by atoms with van der Waals surface area (Å²) in [5.41, 5.74) is 0.173. The van der Waals surface area contributed by atoms with Crippen LogP contribution in [-0.4, -0.2) is 23.1 Å². The lowest BCUT2D eigenvalue weighted by Gasteiger charge is -2.32. The maximum atomic E-state index is 4.27. The third-order valence-corrected chi connectivity index (χ3v) is 2.89. The fourth-order valence-electron chi connectivity index (χ4n) is 1.44. The largest absolute Gasteiger partial charge is 0.271 e. The molecule has 0 spiro atoms. The Balaban J connectivity index is 2.46. The molecule has 1 atom stereocenters. The van der Waals surface area contributed by atoms with Gasteiger partial charge in [0.1, 0.15) is 0 Å². The zero-order valence-corrected chi connectivity index (χ0v) is 9.25. The Morgan fingerprint density at radius 2 is 2.08 bits per heavy atom. The van der Waals surface area contributed by atoms with Gasteiger partial charge in [0.2, 0.25) is 0 Å². The summed E-state index contributed by atoms with van der Waals surface area (Å²) < 4.78 is 0. The van der Waals surface area contributed by atoms with Gasteiger partial charge in [0.15, 0.2) is 0 Å². The lowest BCUT2D eigenvalue weighted by Crippen LogP contribution is -2.40. The topological polar surface area (TPSA) is 28.0 Å². The molecule has 0 aromatic heterocycles. The van der Waals surface area contributed by atoms with E-state index in [-0.39, 0.29) is 5.54 Å². The van der Waals surface area contributed by atoms with Crippen molar-refractivity contribution in [2.45, 2.75) is 58.5 Å². The predicted molar refractivity (Wildman–Crippen MR) is 54.6 cm³/mol. The second-order valence-electron chi connectivity index (χ2n) is 4.40. The van der Waals surface area contributed by atoms with Gasteiger partial charge in [-0.2, -0.15) is 5.11 Å². The fourth-order valence-corrected chi connectivity index (χ4v) is 1.44. The minimum absolute atomic E-state index is 0.173. The molecule has 0 radical (unpaired) electrons. The van der Waals surface area contributed by atoms with Gasteiger partial charge in [-0.25, -0.2) is 0 Å². The van der Waals surface area contributed by atoms with E-state index in [4.69, 9.17) is 0 Å². The highest BCUT2D eigenvalue weighted by Crippen LogP contribution is 2.25. The lowest BCUT2D eigenvalue weighted by molar-refractivity contribution is 0.131. The molecule has 76 valence electrons. The first kappa shape index (κ1) is 10.5. The van der Waals surface area contributed by atoms with E-state index < -0.39 is 0 Å². The van der Waals surface area contributed by atoms with Gasteiger partial charge in [-0.1, -0.05) is 25.5 Å². The molecule has 0 amide bonds. The summed E-state index contributed by atoms with van der Waals surface area (Å²) in [4.78, 5) is 0. The summed E-state index contributed by atoms with van der Waals surface area (Å²) in [5.74, 6) is 0. The van der Waals surface area contributed by atoms with E-state index in [0.29, 0.717) is 6.04 Å². The Bertz CT molecular complexity index is 187.